The van der Waals surface area contributed by atoms with Gasteiger partial charge in [-0.05, 0) is 35.1 Å². The van der Waals surface area contributed by atoms with E-state index < -0.39 is 0 Å². The molecule has 1 aromatic rings. The summed E-state index contributed by atoms with van der Waals surface area (Å²) in [4.78, 5) is 10.4. The van der Waals surface area contributed by atoms with Crippen LogP contribution in [0.15, 0.2) is 12.1 Å². The van der Waals surface area contributed by atoms with E-state index in [0.29, 0.717) is 11.4 Å². The summed E-state index contributed by atoms with van der Waals surface area (Å²) in [5, 5.41) is 10.5. The van der Waals surface area contributed by atoms with Crippen molar-refractivity contribution in [3.8, 4) is 5.75 Å². The molecule has 0 aliphatic heterocycles. The maximum atomic E-state index is 10.4. The SMILES string of the molecule is CC(C)c1cc(O)c(C(C)CC=O)cc1Cl. The van der Waals surface area contributed by atoms with E-state index in [1.165, 1.54) is 0 Å². The van der Waals surface area contributed by atoms with Crippen molar-refractivity contribution >= 4 is 17.9 Å². The Labute approximate surface area is 101 Å². The molecule has 1 aromatic carbocycles. The van der Waals surface area contributed by atoms with Crippen LogP contribution in [-0.2, 0) is 4.79 Å². The van der Waals surface area contributed by atoms with Crippen molar-refractivity contribution in [3.63, 3.8) is 0 Å². The normalized spacial score (nSPS) is 12.8. The van der Waals surface area contributed by atoms with Crippen LogP contribution < -0.4 is 0 Å². The van der Waals surface area contributed by atoms with E-state index in [9.17, 15) is 9.90 Å². The fourth-order valence-corrected chi connectivity index (χ4v) is 2.09. The first-order valence-corrected chi connectivity index (χ1v) is 5.81. The number of halogens is 1. The predicted molar refractivity (Wildman–Crippen MR) is 66.3 cm³/mol. The topological polar surface area (TPSA) is 37.3 Å². The second-order valence-corrected chi connectivity index (χ2v) is 4.80. The fraction of sp³-hybridized carbons (Fsp3) is 0.462. The van der Waals surface area contributed by atoms with Crippen LogP contribution in [0, 0.1) is 0 Å². The average molecular weight is 241 g/mol. The molecule has 0 amide bonds. The molecule has 0 bridgehead atoms. The number of aldehydes is 1. The van der Waals surface area contributed by atoms with Gasteiger partial charge < -0.3 is 9.90 Å². The number of rotatable bonds is 4. The zero-order valence-corrected chi connectivity index (χ0v) is 10.6. The van der Waals surface area contributed by atoms with Crippen LogP contribution >= 0.6 is 11.6 Å². The third kappa shape index (κ3) is 2.76. The van der Waals surface area contributed by atoms with Crippen molar-refractivity contribution in [2.75, 3.05) is 0 Å². The first-order chi connectivity index (χ1) is 7.47. The van der Waals surface area contributed by atoms with Gasteiger partial charge in [0.05, 0.1) is 0 Å². The van der Waals surface area contributed by atoms with Crippen LogP contribution in [0.3, 0.4) is 0 Å². The highest BCUT2D eigenvalue weighted by atomic mass is 35.5. The van der Waals surface area contributed by atoms with Gasteiger partial charge in [0.15, 0.2) is 0 Å². The Kier molecular flexibility index (Phi) is 4.36. The van der Waals surface area contributed by atoms with Gasteiger partial charge in [0, 0.05) is 11.4 Å². The molecule has 0 aromatic heterocycles. The molecular formula is C13H17ClO2. The van der Waals surface area contributed by atoms with E-state index in [2.05, 4.69) is 0 Å². The Morgan fingerprint density at radius 2 is 1.94 bits per heavy atom. The Morgan fingerprint density at radius 1 is 1.31 bits per heavy atom. The van der Waals surface area contributed by atoms with E-state index >= 15 is 0 Å². The molecule has 1 rings (SSSR count). The van der Waals surface area contributed by atoms with Crippen molar-refractivity contribution < 1.29 is 9.90 Å². The molecule has 0 saturated carbocycles. The molecule has 1 atom stereocenters. The zero-order chi connectivity index (χ0) is 12.3. The molecule has 0 aliphatic carbocycles. The molecule has 0 radical (unpaired) electrons. The molecule has 0 spiro atoms. The van der Waals surface area contributed by atoms with Crippen molar-refractivity contribution in [3.05, 3.63) is 28.3 Å². The average Bonchev–Trinajstić information content (AvgIpc) is 2.20. The summed E-state index contributed by atoms with van der Waals surface area (Å²) in [5.74, 6) is 0.493. The number of aromatic hydroxyl groups is 1. The molecule has 0 saturated heterocycles. The fourth-order valence-electron chi connectivity index (χ4n) is 1.70. The van der Waals surface area contributed by atoms with Crippen LogP contribution in [0.25, 0.3) is 0 Å². The van der Waals surface area contributed by atoms with Crippen molar-refractivity contribution in [1.29, 1.82) is 0 Å². The summed E-state index contributed by atoms with van der Waals surface area (Å²) in [5.41, 5.74) is 1.67. The van der Waals surface area contributed by atoms with Gasteiger partial charge in [0.2, 0.25) is 0 Å². The van der Waals surface area contributed by atoms with Gasteiger partial charge in [-0.3, -0.25) is 0 Å². The Balaban J connectivity index is 3.14. The van der Waals surface area contributed by atoms with Gasteiger partial charge in [0.1, 0.15) is 12.0 Å². The van der Waals surface area contributed by atoms with Gasteiger partial charge in [0.25, 0.3) is 0 Å². The van der Waals surface area contributed by atoms with Gasteiger partial charge in [-0.25, -0.2) is 0 Å². The molecule has 1 N–H and O–H groups in total. The lowest BCUT2D eigenvalue weighted by Gasteiger charge is -2.15. The minimum absolute atomic E-state index is 0.00351. The van der Waals surface area contributed by atoms with E-state index in [1.54, 1.807) is 12.1 Å². The van der Waals surface area contributed by atoms with Crippen molar-refractivity contribution in [2.45, 2.75) is 39.0 Å². The quantitative estimate of drug-likeness (QED) is 0.812. The largest absolute Gasteiger partial charge is 0.508 e. The van der Waals surface area contributed by atoms with Crippen LogP contribution in [-0.4, -0.2) is 11.4 Å². The lowest BCUT2D eigenvalue weighted by Crippen LogP contribution is -1.98. The predicted octanol–water partition coefficient (Wildman–Crippen LogP) is 3.86. The maximum Gasteiger partial charge on any atom is 0.120 e. The molecule has 88 valence electrons. The molecule has 0 heterocycles. The third-order valence-electron chi connectivity index (χ3n) is 2.75. The van der Waals surface area contributed by atoms with Crippen LogP contribution in [0.5, 0.6) is 5.75 Å². The van der Waals surface area contributed by atoms with Crippen LogP contribution in [0.1, 0.15) is 50.2 Å². The number of carbonyl (C=O) groups is 1. The summed E-state index contributed by atoms with van der Waals surface area (Å²) in [6.07, 6.45) is 1.25. The number of hydrogen-bond donors (Lipinski definition) is 1. The van der Waals surface area contributed by atoms with Gasteiger partial charge in [-0.2, -0.15) is 0 Å². The first-order valence-electron chi connectivity index (χ1n) is 5.43. The van der Waals surface area contributed by atoms with Gasteiger partial charge in [-0.1, -0.05) is 32.4 Å². The number of hydrogen-bond acceptors (Lipinski definition) is 2. The number of phenolic OH excluding ortho intramolecular Hbond substituents is 1. The summed E-state index contributed by atoms with van der Waals surface area (Å²) >= 11 is 6.14. The van der Waals surface area contributed by atoms with E-state index in [4.69, 9.17) is 11.6 Å². The smallest absolute Gasteiger partial charge is 0.120 e. The second kappa shape index (κ2) is 5.35. The Morgan fingerprint density at radius 3 is 2.44 bits per heavy atom. The zero-order valence-electron chi connectivity index (χ0n) is 9.83. The first kappa shape index (κ1) is 13.0. The molecule has 0 aliphatic rings. The van der Waals surface area contributed by atoms with Gasteiger partial charge in [-0.15, -0.1) is 0 Å². The molecule has 1 unspecified atom stereocenters. The summed E-state index contributed by atoms with van der Waals surface area (Å²) in [7, 11) is 0. The van der Waals surface area contributed by atoms with Crippen LogP contribution in [0.2, 0.25) is 5.02 Å². The van der Waals surface area contributed by atoms with Gasteiger partial charge >= 0.3 is 0 Å². The lowest BCUT2D eigenvalue weighted by molar-refractivity contribution is -0.108. The molecule has 2 nitrogen and oxygen atoms in total. The third-order valence-corrected chi connectivity index (χ3v) is 3.08. The summed E-state index contributed by atoms with van der Waals surface area (Å²) in [6.45, 7) is 5.94. The number of benzene rings is 1. The minimum Gasteiger partial charge on any atom is -0.508 e. The highest BCUT2D eigenvalue weighted by Crippen LogP contribution is 2.35. The minimum atomic E-state index is -0.00351. The molecule has 0 fully saturated rings. The summed E-state index contributed by atoms with van der Waals surface area (Å²) < 4.78 is 0. The molecule has 16 heavy (non-hydrogen) atoms. The second-order valence-electron chi connectivity index (χ2n) is 4.39. The Hall–Kier alpha value is -1.02. The maximum absolute atomic E-state index is 10.4. The lowest BCUT2D eigenvalue weighted by atomic mass is 9.93. The molecular weight excluding hydrogens is 224 g/mol. The summed E-state index contributed by atoms with van der Waals surface area (Å²) in [6, 6.07) is 3.46. The van der Waals surface area contributed by atoms with E-state index in [0.717, 1.165) is 17.4 Å². The number of carbonyl (C=O) groups excluding carboxylic acids is 1. The number of phenols is 1. The molecule has 3 heteroatoms. The van der Waals surface area contributed by atoms with E-state index in [-0.39, 0.29) is 17.6 Å². The van der Waals surface area contributed by atoms with E-state index in [1.807, 2.05) is 20.8 Å². The van der Waals surface area contributed by atoms with Crippen molar-refractivity contribution in [1.82, 2.24) is 0 Å². The Bertz CT molecular complexity index is 386. The highest BCUT2D eigenvalue weighted by Gasteiger charge is 2.14. The standard InChI is InChI=1S/C13H17ClO2/c1-8(2)10-7-13(16)11(6-12(10)14)9(3)4-5-15/h5-9,16H,4H2,1-3H3. The highest BCUT2D eigenvalue weighted by molar-refractivity contribution is 6.31. The van der Waals surface area contributed by atoms with Crippen LogP contribution in [0.4, 0.5) is 0 Å². The monoisotopic (exact) mass is 240 g/mol. The van der Waals surface area contributed by atoms with Crippen molar-refractivity contribution in [2.24, 2.45) is 0 Å².